The van der Waals surface area contributed by atoms with E-state index in [1.807, 2.05) is 0 Å². The third-order valence-electron chi connectivity index (χ3n) is 3.70. The first-order valence-corrected chi connectivity index (χ1v) is 6.77. The minimum absolute atomic E-state index is 0.253. The summed E-state index contributed by atoms with van der Waals surface area (Å²) in [5.74, 6) is 0.351. The molecule has 1 fully saturated rings. The quantitative estimate of drug-likeness (QED) is 0.829. The molecule has 3 rings (SSSR count). The molecule has 19 heavy (non-hydrogen) atoms. The minimum atomic E-state index is -0.253. The summed E-state index contributed by atoms with van der Waals surface area (Å²) in [5, 5.41) is 3.38. The number of nitrogens with one attached hydrogen (secondary N) is 1. The molecule has 2 heterocycles. The fourth-order valence-corrected chi connectivity index (χ4v) is 2.91. The van der Waals surface area contributed by atoms with E-state index < -0.39 is 0 Å². The third-order valence-corrected chi connectivity index (χ3v) is 3.99. The first-order valence-electron chi connectivity index (χ1n) is 6.39. The van der Waals surface area contributed by atoms with Crippen molar-refractivity contribution in [3.8, 4) is 5.69 Å². The zero-order valence-electron chi connectivity index (χ0n) is 10.4. The Labute approximate surface area is 115 Å². The molecule has 0 atom stereocenters. The predicted molar refractivity (Wildman–Crippen MR) is 74.8 cm³/mol. The Hall–Kier alpha value is -1.75. The highest BCUT2D eigenvalue weighted by atomic mass is 35.5. The van der Waals surface area contributed by atoms with Crippen molar-refractivity contribution in [1.29, 1.82) is 0 Å². The number of aromatic amines is 1. The van der Waals surface area contributed by atoms with Gasteiger partial charge in [0.05, 0.1) is 5.69 Å². The molecular weight excluding hydrogens is 264 g/mol. The van der Waals surface area contributed by atoms with Crippen LogP contribution in [-0.4, -0.2) is 14.8 Å². The number of hydrogen-bond acceptors (Lipinski definition) is 3. The molecule has 0 unspecified atom stereocenters. The summed E-state index contributed by atoms with van der Waals surface area (Å²) < 4.78 is 1.39. The summed E-state index contributed by atoms with van der Waals surface area (Å²) in [6, 6.07) is 3.48. The number of rotatable bonds is 2. The summed E-state index contributed by atoms with van der Waals surface area (Å²) in [6.07, 6.45) is 6.10. The second-order valence-corrected chi connectivity index (χ2v) is 5.23. The maximum absolute atomic E-state index is 12.2. The lowest BCUT2D eigenvalue weighted by atomic mass is 10.0. The lowest BCUT2D eigenvalue weighted by molar-refractivity contribution is 0.678. The molecule has 0 bridgehead atoms. The fraction of sp³-hybridized carbons (Fsp3) is 0.385. The van der Waals surface area contributed by atoms with Crippen LogP contribution in [0.15, 0.2) is 23.1 Å². The number of halogens is 1. The van der Waals surface area contributed by atoms with Crippen molar-refractivity contribution < 1.29 is 0 Å². The van der Waals surface area contributed by atoms with Gasteiger partial charge in [-0.2, -0.15) is 0 Å². The van der Waals surface area contributed by atoms with E-state index in [-0.39, 0.29) is 10.7 Å². The number of hydrogen-bond donors (Lipinski definition) is 2. The second-order valence-electron chi connectivity index (χ2n) is 4.87. The van der Waals surface area contributed by atoms with Crippen LogP contribution in [-0.2, 0) is 0 Å². The van der Waals surface area contributed by atoms with E-state index in [1.165, 1.54) is 17.5 Å². The van der Waals surface area contributed by atoms with E-state index in [4.69, 9.17) is 17.3 Å². The van der Waals surface area contributed by atoms with Gasteiger partial charge in [-0.25, -0.2) is 9.67 Å². The molecule has 0 saturated heterocycles. The van der Waals surface area contributed by atoms with Crippen molar-refractivity contribution in [2.45, 2.75) is 31.6 Å². The molecule has 0 aromatic carbocycles. The van der Waals surface area contributed by atoms with Crippen molar-refractivity contribution in [3.05, 3.63) is 39.5 Å². The van der Waals surface area contributed by atoms with Crippen molar-refractivity contribution in [2.24, 2.45) is 0 Å². The molecule has 100 valence electrons. The van der Waals surface area contributed by atoms with Crippen LogP contribution in [0.4, 0.5) is 5.69 Å². The van der Waals surface area contributed by atoms with Crippen LogP contribution in [0.2, 0.25) is 5.15 Å². The molecule has 1 saturated carbocycles. The van der Waals surface area contributed by atoms with Gasteiger partial charge >= 0.3 is 0 Å². The number of nitrogens with zero attached hydrogens (tertiary/aromatic N) is 2. The van der Waals surface area contributed by atoms with Crippen molar-refractivity contribution in [3.63, 3.8) is 0 Å². The topological polar surface area (TPSA) is 76.7 Å². The lowest BCUT2D eigenvalue weighted by Crippen LogP contribution is -2.17. The van der Waals surface area contributed by atoms with Crippen molar-refractivity contribution in [1.82, 2.24) is 14.8 Å². The molecule has 0 amide bonds. The molecule has 0 radical (unpaired) electrons. The van der Waals surface area contributed by atoms with Gasteiger partial charge < -0.3 is 5.73 Å². The SMILES string of the molecule is Nc1c(C2CCCC2)[nH]n(-c2cccnc2Cl)c1=O. The van der Waals surface area contributed by atoms with Crippen LogP contribution < -0.4 is 11.3 Å². The van der Waals surface area contributed by atoms with Gasteiger partial charge in [-0.3, -0.25) is 9.89 Å². The predicted octanol–water partition coefficient (Wildman–Crippen LogP) is 2.45. The zero-order chi connectivity index (χ0) is 13.4. The smallest absolute Gasteiger partial charge is 0.294 e. The Morgan fingerprint density at radius 3 is 2.84 bits per heavy atom. The zero-order valence-corrected chi connectivity index (χ0v) is 11.2. The van der Waals surface area contributed by atoms with Gasteiger partial charge in [-0.1, -0.05) is 24.4 Å². The summed E-state index contributed by atoms with van der Waals surface area (Å²) in [7, 11) is 0. The third kappa shape index (κ3) is 2.04. The molecule has 6 heteroatoms. The maximum Gasteiger partial charge on any atom is 0.294 e. The van der Waals surface area contributed by atoms with Gasteiger partial charge in [0.25, 0.3) is 5.56 Å². The largest absolute Gasteiger partial charge is 0.393 e. The van der Waals surface area contributed by atoms with Gasteiger partial charge in [-0.15, -0.1) is 0 Å². The summed E-state index contributed by atoms with van der Waals surface area (Å²) >= 11 is 6.02. The van der Waals surface area contributed by atoms with Crippen LogP contribution in [0.25, 0.3) is 5.69 Å². The molecule has 2 aromatic heterocycles. The Morgan fingerprint density at radius 1 is 1.42 bits per heavy atom. The van der Waals surface area contributed by atoms with Gasteiger partial charge in [0.15, 0.2) is 5.15 Å². The first kappa shape index (κ1) is 12.3. The average Bonchev–Trinajstić information content (AvgIpc) is 3.02. The van der Waals surface area contributed by atoms with E-state index in [9.17, 15) is 4.79 Å². The average molecular weight is 279 g/mol. The van der Waals surface area contributed by atoms with Gasteiger partial charge in [0.2, 0.25) is 0 Å². The highest BCUT2D eigenvalue weighted by Gasteiger charge is 2.24. The Balaban J connectivity index is 2.11. The minimum Gasteiger partial charge on any atom is -0.393 e. The molecule has 1 aliphatic rings. The van der Waals surface area contributed by atoms with Crippen LogP contribution in [0.1, 0.15) is 37.3 Å². The molecule has 0 spiro atoms. The van der Waals surface area contributed by atoms with Crippen molar-refractivity contribution >= 4 is 17.3 Å². The van der Waals surface area contributed by atoms with Gasteiger partial charge in [0.1, 0.15) is 11.4 Å². The van der Waals surface area contributed by atoms with Crippen LogP contribution in [0.3, 0.4) is 0 Å². The summed E-state index contributed by atoms with van der Waals surface area (Å²) in [4.78, 5) is 16.2. The lowest BCUT2D eigenvalue weighted by Gasteiger charge is -2.07. The molecular formula is C13H15ClN4O. The molecule has 1 aliphatic carbocycles. The van der Waals surface area contributed by atoms with E-state index in [1.54, 1.807) is 18.3 Å². The Kier molecular flexibility index (Phi) is 3.06. The Morgan fingerprint density at radius 2 is 2.16 bits per heavy atom. The summed E-state index contributed by atoms with van der Waals surface area (Å²) in [5.41, 5.74) is 7.36. The molecule has 3 N–H and O–H groups in total. The monoisotopic (exact) mass is 278 g/mol. The van der Waals surface area contributed by atoms with E-state index in [2.05, 4.69) is 10.1 Å². The summed E-state index contributed by atoms with van der Waals surface area (Å²) in [6.45, 7) is 0. The van der Waals surface area contributed by atoms with E-state index in [0.717, 1.165) is 18.5 Å². The number of H-pyrrole nitrogens is 1. The standard InChI is InChI=1S/C13H15ClN4O/c14-12-9(6-3-7-16-12)18-13(19)10(15)11(17-18)8-4-1-2-5-8/h3,6-8,17H,1-2,4-5,15H2. The molecule has 2 aromatic rings. The molecule has 5 nitrogen and oxygen atoms in total. The number of aromatic nitrogens is 3. The number of anilines is 1. The maximum atomic E-state index is 12.2. The highest BCUT2D eigenvalue weighted by molar-refractivity contribution is 6.31. The van der Waals surface area contributed by atoms with Crippen molar-refractivity contribution in [2.75, 3.05) is 5.73 Å². The Bertz CT molecular complexity index is 655. The second kappa shape index (κ2) is 4.74. The van der Waals surface area contributed by atoms with Crippen LogP contribution >= 0.6 is 11.6 Å². The van der Waals surface area contributed by atoms with Crippen LogP contribution in [0.5, 0.6) is 0 Å². The van der Waals surface area contributed by atoms with E-state index in [0.29, 0.717) is 17.3 Å². The van der Waals surface area contributed by atoms with E-state index >= 15 is 0 Å². The highest BCUT2D eigenvalue weighted by Crippen LogP contribution is 2.35. The van der Waals surface area contributed by atoms with Crippen LogP contribution in [0, 0.1) is 0 Å². The molecule has 0 aliphatic heterocycles. The fourth-order valence-electron chi connectivity index (χ4n) is 2.71. The normalized spacial score (nSPS) is 16.1. The first-order chi connectivity index (χ1) is 9.18. The van der Waals surface area contributed by atoms with Gasteiger partial charge in [-0.05, 0) is 25.0 Å². The number of pyridine rings is 1. The number of nitrogen functional groups attached to an aromatic ring is 1. The number of nitrogens with two attached hydrogens (primary N) is 1. The van der Waals surface area contributed by atoms with Gasteiger partial charge in [0, 0.05) is 12.1 Å².